The Labute approximate surface area is 157 Å². The highest BCUT2D eigenvalue weighted by Gasteiger charge is 2.23. The summed E-state index contributed by atoms with van der Waals surface area (Å²) in [6, 6.07) is 9.46. The van der Waals surface area contributed by atoms with Crippen LogP contribution >= 0.6 is 11.3 Å². The number of carbonyl (C=O) groups is 1. The van der Waals surface area contributed by atoms with Crippen LogP contribution in [0.2, 0.25) is 0 Å². The third kappa shape index (κ3) is 5.20. The van der Waals surface area contributed by atoms with Crippen LogP contribution in [0.5, 0.6) is 11.5 Å². The van der Waals surface area contributed by atoms with Crippen LogP contribution in [-0.4, -0.2) is 57.4 Å². The van der Waals surface area contributed by atoms with Crippen molar-refractivity contribution in [3.63, 3.8) is 0 Å². The molecule has 1 N–H and O–H groups in total. The van der Waals surface area contributed by atoms with E-state index in [4.69, 9.17) is 14.2 Å². The minimum Gasteiger partial charge on any atom is -0.497 e. The number of benzene rings is 1. The molecule has 0 aliphatic carbocycles. The number of amides is 1. The average molecular weight is 376 g/mol. The van der Waals surface area contributed by atoms with Crippen molar-refractivity contribution in [1.29, 1.82) is 0 Å². The minimum absolute atomic E-state index is 0.00814. The Kier molecular flexibility index (Phi) is 6.88. The molecule has 1 aromatic carbocycles. The highest BCUT2D eigenvalue weighted by atomic mass is 32.1. The van der Waals surface area contributed by atoms with Crippen LogP contribution in [0.1, 0.15) is 11.6 Å². The van der Waals surface area contributed by atoms with Crippen LogP contribution in [0.3, 0.4) is 0 Å². The molecule has 2 aromatic rings. The second-order valence-electron chi connectivity index (χ2n) is 5.99. The van der Waals surface area contributed by atoms with Crippen LogP contribution in [0.4, 0.5) is 0 Å². The van der Waals surface area contributed by atoms with E-state index in [1.54, 1.807) is 42.7 Å². The van der Waals surface area contributed by atoms with Crippen LogP contribution in [0.15, 0.2) is 41.1 Å². The lowest BCUT2D eigenvalue weighted by molar-refractivity contribution is -0.123. The molecule has 1 unspecified atom stereocenters. The van der Waals surface area contributed by atoms with Gasteiger partial charge < -0.3 is 19.5 Å². The molecular formula is C19H24N2O4S. The first kappa shape index (κ1) is 18.7. The van der Waals surface area contributed by atoms with Crippen molar-refractivity contribution in [1.82, 2.24) is 10.2 Å². The molecule has 1 saturated heterocycles. The molecule has 0 radical (unpaired) electrons. The molecule has 26 heavy (non-hydrogen) atoms. The van der Waals surface area contributed by atoms with Crippen LogP contribution in [-0.2, 0) is 9.53 Å². The fourth-order valence-corrected chi connectivity index (χ4v) is 3.60. The van der Waals surface area contributed by atoms with E-state index in [9.17, 15) is 4.79 Å². The second kappa shape index (κ2) is 9.56. The van der Waals surface area contributed by atoms with Gasteiger partial charge >= 0.3 is 0 Å². The van der Waals surface area contributed by atoms with E-state index in [-0.39, 0.29) is 18.6 Å². The number of nitrogens with zero attached hydrogens (tertiary/aromatic N) is 1. The van der Waals surface area contributed by atoms with E-state index in [0.717, 1.165) is 32.1 Å². The molecule has 0 spiro atoms. The van der Waals surface area contributed by atoms with E-state index >= 15 is 0 Å². The Morgan fingerprint density at radius 2 is 1.96 bits per heavy atom. The summed E-state index contributed by atoms with van der Waals surface area (Å²) in [4.78, 5) is 14.6. The van der Waals surface area contributed by atoms with Gasteiger partial charge in [0.1, 0.15) is 11.5 Å². The maximum atomic E-state index is 12.2. The third-order valence-corrected chi connectivity index (χ3v) is 5.04. The Morgan fingerprint density at radius 1 is 1.23 bits per heavy atom. The summed E-state index contributed by atoms with van der Waals surface area (Å²) in [5, 5.41) is 7.20. The van der Waals surface area contributed by atoms with Crippen molar-refractivity contribution in [3.05, 3.63) is 46.7 Å². The first-order valence-electron chi connectivity index (χ1n) is 8.63. The quantitative estimate of drug-likeness (QED) is 0.766. The Bertz CT molecular complexity index is 669. The van der Waals surface area contributed by atoms with Crippen molar-refractivity contribution in [2.45, 2.75) is 6.04 Å². The SMILES string of the molecule is COc1ccc(OCC(=O)NCC(c2ccsc2)N2CCOCC2)cc1. The monoisotopic (exact) mass is 376 g/mol. The minimum atomic E-state index is -0.130. The Morgan fingerprint density at radius 3 is 2.62 bits per heavy atom. The van der Waals surface area contributed by atoms with Gasteiger partial charge in [-0.15, -0.1) is 0 Å². The largest absolute Gasteiger partial charge is 0.497 e. The number of carbonyl (C=O) groups excluding carboxylic acids is 1. The lowest BCUT2D eigenvalue weighted by Crippen LogP contribution is -2.44. The molecule has 1 fully saturated rings. The number of rotatable bonds is 8. The van der Waals surface area contributed by atoms with Gasteiger partial charge in [0, 0.05) is 19.6 Å². The van der Waals surface area contributed by atoms with Crippen molar-refractivity contribution in [2.24, 2.45) is 0 Å². The zero-order chi connectivity index (χ0) is 18.2. The summed E-state index contributed by atoms with van der Waals surface area (Å²) in [5.41, 5.74) is 1.23. The standard InChI is InChI=1S/C19H24N2O4S/c1-23-16-2-4-17(5-3-16)25-13-19(22)20-12-18(15-6-11-26-14-15)21-7-9-24-10-8-21/h2-6,11,14,18H,7-10,12-13H2,1H3,(H,20,22). The maximum absolute atomic E-state index is 12.2. The number of hydrogen-bond donors (Lipinski definition) is 1. The first-order chi connectivity index (χ1) is 12.8. The van der Waals surface area contributed by atoms with E-state index in [0.29, 0.717) is 12.3 Å². The molecule has 0 saturated carbocycles. The summed E-state index contributed by atoms with van der Waals surface area (Å²) in [5.74, 6) is 1.27. The van der Waals surface area contributed by atoms with Crippen molar-refractivity contribution in [2.75, 3.05) is 46.6 Å². The van der Waals surface area contributed by atoms with Crippen molar-refractivity contribution < 1.29 is 19.0 Å². The maximum Gasteiger partial charge on any atom is 0.258 e. The summed E-state index contributed by atoms with van der Waals surface area (Å²) in [7, 11) is 1.61. The molecule has 1 aliphatic rings. The third-order valence-electron chi connectivity index (χ3n) is 4.34. The molecule has 1 aromatic heterocycles. The van der Waals surface area contributed by atoms with E-state index in [1.165, 1.54) is 5.56 Å². The zero-order valence-electron chi connectivity index (χ0n) is 14.8. The summed E-state index contributed by atoms with van der Waals surface area (Å²) in [6.45, 7) is 3.76. The van der Waals surface area contributed by atoms with Gasteiger partial charge in [0.15, 0.2) is 6.61 Å². The highest BCUT2D eigenvalue weighted by molar-refractivity contribution is 7.07. The highest BCUT2D eigenvalue weighted by Crippen LogP contribution is 2.23. The Hall–Kier alpha value is -2.09. The normalized spacial score (nSPS) is 16.0. The van der Waals surface area contributed by atoms with E-state index in [2.05, 4.69) is 27.0 Å². The molecule has 1 atom stereocenters. The van der Waals surface area contributed by atoms with Gasteiger partial charge in [-0.25, -0.2) is 0 Å². The fraction of sp³-hybridized carbons (Fsp3) is 0.421. The fourth-order valence-electron chi connectivity index (χ4n) is 2.89. The van der Waals surface area contributed by atoms with Crippen LogP contribution < -0.4 is 14.8 Å². The van der Waals surface area contributed by atoms with Gasteiger partial charge in [-0.1, -0.05) is 0 Å². The van der Waals surface area contributed by atoms with Gasteiger partial charge in [0.05, 0.1) is 26.4 Å². The van der Waals surface area contributed by atoms with Crippen molar-refractivity contribution in [3.8, 4) is 11.5 Å². The van der Waals surface area contributed by atoms with Gasteiger partial charge in [-0.3, -0.25) is 9.69 Å². The first-order valence-corrected chi connectivity index (χ1v) is 9.58. The lowest BCUT2D eigenvalue weighted by atomic mass is 10.1. The molecule has 1 aliphatic heterocycles. The van der Waals surface area contributed by atoms with Crippen molar-refractivity contribution >= 4 is 17.2 Å². The molecular weight excluding hydrogens is 352 g/mol. The molecule has 2 heterocycles. The van der Waals surface area contributed by atoms with E-state index in [1.807, 2.05) is 0 Å². The van der Waals surface area contributed by atoms with Gasteiger partial charge in [0.25, 0.3) is 5.91 Å². The van der Waals surface area contributed by atoms with Crippen LogP contribution in [0, 0.1) is 0 Å². The molecule has 3 rings (SSSR count). The molecule has 0 bridgehead atoms. The smallest absolute Gasteiger partial charge is 0.258 e. The Balaban J connectivity index is 1.50. The lowest BCUT2D eigenvalue weighted by Gasteiger charge is -2.34. The number of thiophene rings is 1. The zero-order valence-corrected chi connectivity index (χ0v) is 15.7. The summed E-state index contributed by atoms with van der Waals surface area (Å²) >= 11 is 1.67. The van der Waals surface area contributed by atoms with Gasteiger partial charge in [0.2, 0.25) is 0 Å². The predicted molar refractivity (Wildman–Crippen MR) is 101 cm³/mol. The molecule has 140 valence electrons. The number of nitrogens with one attached hydrogen (secondary N) is 1. The predicted octanol–water partition coefficient (Wildman–Crippen LogP) is 2.33. The number of hydrogen-bond acceptors (Lipinski definition) is 6. The summed E-state index contributed by atoms with van der Waals surface area (Å²) < 4.78 is 16.1. The molecule has 1 amide bonds. The van der Waals surface area contributed by atoms with E-state index < -0.39 is 0 Å². The number of ether oxygens (including phenoxy) is 3. The number of methoxy groups -OCH3 is 1. The van der Waals surface area contributed by atoms with Gasteiger partial charge in [-0.05, 0) is 46.7 Å². The molecule has 6 nitrogen and oxygen atoms in total. The van der Waals surface area contributed by atoms with Crippen LogP contribution in [0.25, 0.3) is 0 Å². The second-order valence-corrected chi connectivity index (χ2v) is 6.77. The molecule has 7 heteroatoms. The number of morpholine rings is 1. The average Bonchev–Trinajstić information content (AvgIpc) is 3.22. The summed E-state index contributed by atoms with van der Waals surface area (Å²) in [6.07, 6.45) is 0. The topological polar surface area (TPSA) is 60.0 Å². The van der Waals surface area contributed by atoms with Gasteiger partial charge in [-0.2, -0.15) is 11.3 Å².